The lowest BCUT2D eigenvalue weighted by Gasteiger charge is -2.04. The second-order valence-electron chi connectivity index (χ2n) is 4.38. The smallest absolute Gasteiger partial charge is 0.171 e. The molecule has 0 atom stereocenters. The lowest BCUT2D eigenvalue weighted by atomic mass is 10.2. The molecule has 0 amide bonds. The fourth-order valence-corrected chi connectivity index (χ4v) is 4.69. The molecule has 0 aliphatic rings. The van der Waals surface area contributed by atoms with Crippen LogP contribution in [0.25, 0.3) is 31.0 Å². The molecule has 0 bridgehead atoms. The molecule has 3 heterocycles. The molecule has 21 heavy (non-hydrogen) atoms. The first kappa shape index (κ1) is 13.6. The zero-order valence-electron chi connectivity index (χ0n) is 10.2. The molecular weight excluding hydrogens is 395 g/mol. The maximum Gasteiger partial charge on any atom is 0.171 e. The van der Waals surface area contributed by atoms with Crippen LogP contribution < -0.4 is 0 Å². The molecule has 4 aromatic rings. The summed E-state index contributed by atoms with van der Waals surface area (Å²) in [5.74, 6) is 0.165. The average molecular weight is 400 g/mol. The fourth-order valence-electron chi connectivity index (χ4n) is 2.07. The summed E-state index contributed by atoms with van der Waals surface area (Å²) in [6, 6.07) is 7.07. The number of hydrogen-bond donors (Lipinski definition) is 0. The molecule has 0 radical (unpaired) electrons. The van der Waals surface area contributed by atoms with Gasteiger partial charge in [-0.25, -0.2) is 14.4 Å². The predicted octanol–water partition coefficient (Wildman–Crippen LogP) is 6.13. The topological polar surface area (TPSA) is 25.8 Å². The normalized spacial score (nSPS) is 11.6. The van der Waals surface area contributed by atoms with Crippen molar-refractivity contribution in [2.75, 3.05) is 0 Å². The molecule has 4 rings (SSSR count). The predicted molar refractivity (Wildman–Crippen MR) is 90.9 cm³/mol. The number of hydrogen-bond acceptors (Lipinski definition) is 4. The van der Waals surface area contributed by atoms with Crippen LogP contribution in [-0.4, -0.2) is 9.97 Å². The van der Waals surface area contributed by atoms with Crippen molar-refractivity contribution in [1.82, 2.24) is 9.97 Å². The van der Waals surface area contributed by atoms with Gasteiger partial charge < -0.3 is 0 Å². The minimum atomic E-state index is -0.365. The number of thiophene rings is 2. The highest BCUT2D eigenvalue weighted by Crippen LogP contribution is 2.36. The van der Waals surface area contributed by atoms with Crippen molar-refractivity contribution in [2.45, 2.75) is 0 Å². The molecule has 0 saturated heterocycles. The second-order valence-corrected chi connectivity index (χ2v) is 7.63. The van der Waals surface area contributed by atoms with Gasteiger partial charge in [0.1, 0.15) is 11.0 Å². The number of benzene rings is 1. The van der Waals surface area contributed by atoms with Gasteiger partial charge in [-0.05, 0) is 39.5 Å². The van der Waals surface area contributed by atoms with Gasteiger partial charge in [-0.15, -0.1) is 22.7 Å². The first-order valence-corrected chi connectivity index (χ1v) is 8.78. The standard InChI is InChI=1S/C14H5BrClFN2S2/c15-7-3-6-9(4-8(7)17)18-14(19-13(6)16)12-5-11-10(21-12)1-2-20-11/h1-5H. The van der Waals surface area contributed by atoms with Gasteiger partial charge in [-0.2, -0.15) is 0 Å². The van der Waals surface area contributed by atoms with Crippen LogP contribution in [0, 0.1) is 5.82 Å². The summed E-state index contributed by atoms with van der Waals surface area (Å²) in [6.45, 7) is 0. The summed E-state index contributed by atoms with van der Waals surface area (Å²) in [6.07, 6.45) is 0. The molecule has 0 fully saturated rings. The molecule has 0 N–H and O–H groups in total. The Balaban J connectivity index is 1.97. The Morgan fingerprint density at radius 2 is 2.00 bits per heavy atom. The van der Waals surface area contributed by atoms with E-state index in [1.54, 1.807) is 28.7 Å². The average Bonchev–Trinajstić information content (AvgIpc) is 3.01. The van der Waals surface area contributed by atoms with Gasteiger partial charge in [0.15, 0.2) is 5.82 Å². The Bertz CT molecular complexity index is 967. The lowest BCUT2D eigenvalue weighted by molar-refractivity contribution is 0.623. The van der Waals surface area contributed by atoms with Gasteiger partial charge in [0.25, 0.3) is 0 Å². The highest BCUT2D eigenvalue weighted by molar-refractivity contribution is 9.10. The van der Waals surface area contributed by atoms with Crippen LogP contribution in [0.1, 0.15) is 0 Å². The molecule has 0 spiro atoms. The largest absolute Gasteiger partial charge is 0.227 e. The van der Waals surface area contributed by atoms with E-state index >= 15 is 0 Å². The van der Waals surface area contributed by atoms with Gasteiger partial charge >= 0.3 is 0 Å². The van der Waals surface area contributed by atoms with E-state index in [1.807, 2.05) is 11.4 Å². The Morgan fingerprint density at radius 3 is 2.81 bits per heavy atom. The Kier molecular flexibility index (Phi) is 3.22. The zero-order chi connectivity index (χ0) is 14.6. The first-order valence-electron chi connectivity index (χ1n) is 5.91. The summed E-state index contributed by atoms with van der Waals surface area (Å²) in [5.41, 5.74) is 0.502. The molecule has 0 aliphatic heterocycles. The lowest BCUT2D eigenvalue weighted by Crippen LogP contribution is -1.91. The summed E-state index contributed by atoms with van der Waals surface area (Å²) in [5, 5.41) is 3.01. The third kappa shape index (κ3) is 2.26. The maximum absolute atomic E-state index is 13.7. The van der Waals surface area contributed by atoms with Crippen molar-refractivity contribution in [1.29, 1.82) is 0 Å². The van der Waals surface area contributed by atoms with Crippen LogP contribution >= 0.6 is 50.2 Å². The molecule has 0 saturated carbocycles. The monoisotopic (exact) mass is 398 g/mol. The minimum absolute atomic E-state index is 0.326. The summed E-state index contributed by atoms with van der Waals surface area (Å²) >= 11 is 12.6. The van der Waals surface area contributed by atoms with Crippen LogP contribution in [0.15, 0.2) is 34.1 Å². The quantitative estimate of drug-likeness (QED) is 0.360. The molecule has 0 unspecified atom stereocenters. The number of nitrogens with zero attached hydrogens (tertiary/aromatic N) is 2. The van der Waals surface area contributed by atoms with Gasteiger partial charge in [-0.3, -0.25) is 0 Å². The van der Waals surface area contributed by atoms with E-state index in [0.717, 1.165) is 4.88 Å². The van der Waals surface area contributed by atoms with Crippen LogP contribution in [-0.2, 0) is 0 Å². The highest BCUT2D eigenvalue weighted by atomic mass is 79.9. The SMILES string of the molecule is Fc1cc2nc(-c3cc4sccc4s3)nc(Cl)c2cc1Br. The maximum atomic E-state index is 13.7. The molecule has 0 aliphatic carbocycles. The zero-order valence-corrected chi connectivity index (χ0v) is 14.2. The van der Waals surface area contributed by atoms with E-state index < -0.39 is 0 Å². The van der Waals surface area contributed by atoms with Gasteiger partial charge in [-0.1, -0.05) is 11.6 Å². The summed E-state index contributed by atoms with van der Waals surface area (Å²) < 4.78 is 16.4. The molecule has 3 aromatic heterocycles. The molecule has 104 valence electrons. The van der Waals surface area contributed by atoms with Gasteiger partial charge in [0.05, 0.1) is 14.9 Å². The number of halogens is 3. The third-order valence-electron chi connectivity index (χ3n) is 3.05. The van der Waals surface area contributed by atoms with E-state index in [4.69, 9.17) is 11.6 Å². The number of aromatic nitrogens is 2. The summed E-state index contributed by atoms with van der Waals surface area (Å²) in [4.78, 5) is 9.72. The van der Waals surface area contributed by atoms with Crippen molar-refractivity contribution in [2.24, 2.45) is 0 Å². The van der Waals surface area contributed by atoms with Crippen molar-refractivity contribution in [3.63, 3.8) is 0 Å². The van der Waals surface area contributed by atoms with Crippen LogP contribution in [0.5, 0.6) is 0 Å². The molecule has 7 heteroatoms. The van der Waals surface area contributed by atoms with Crippen molar-refractivity contribution >= 4 is 70.5 Å². The fraction of sp³-hybridized carbons (Fsp3) is 0. The Hall–Kier alpha value is -1.08. The first-order chi connectivity index (χ1) is 10.1. The van der Waals surface area contributed by atoms with Crippen molar-refractivity contribution < 1.29 is 4.39 Å². The number of rotatable bonds is 1. The van der Waals surface area contributed by atoms with E-state index in [9.17, 15) is 4.39 Å². The van der Waals surface area contributed by atoms with Crippen LogP contribution in [0.3, 0.4) is 0 Å². The number of fused-ring (bicyclic) bond motifs is 2. The van der Waals surface area contributed by atoms with E-state index in [-0.39, 0.29) is 5.82 Å². The Labute approximate surface area is 140 Å². The molecule has 2 nitrogen and oxygen atoms in total. The van der Waals surface area contributed by atoms with Crippen LogP contribution in [0.4, 0.5) is 4.39 Å². The van der Waals surface area contributed by atoms with Gasteiger partial charge in [0, 0.05) is 20.9 Å². The van der Waals surface area contributed by atoms with E-state index in [2.05, 4.69) is 32.0 Å². The highest BCUT2D eigenvalue weighted by Gasteiger charge is 2.13. The van der Waals surface area contributed by atoms with Gasteiger partial charge in [0.2, 0.25) is 0 Å². The van der Waals surface area contributed by atoms with Crippen LogP contribution in [0.2, 0.25) is 5.15 Å². The molecule has 1 aromatic carbocycles. The Morgan fingerprint density at radius 1 is 1.14 bits per heavy atom. The minimum Gasteiger partial charge on any atom is -0.227 e. The van der Waals surface area contributed by atoms with Crippen molar-refractivity contribution in [3.8, 4) is 10.7 Å². The van der Waals surface area contributed by atoms with E-state index in [0.29, 0.717) is 26.4 Å². The summed E-state index contributed by atoms with van der Waals surface area (Å²) in [7, 11) is 0. The molecular formula is C14H5BrClFN2S2. The van der Waals surface area contributed by atoms with E-state index in [1.165, 1.54) is 15.5 Å². The van der Waals surface area contributed by atoms with Crippen molar-refractivity contribution in [3.05, 3.63) is 45.1 Å². The second kappa shape index (κ2) is 4.98. The third-order valence-corrected chi connectivity index (χ3v) is 6.04.